The Balaban J connectivity index is 2.32. The van der Waals surface area contributed by atoms with Crippen molar-refractivity contribution in [1.29, 1.82) is 0 Å². The number of nitrogen functional groups attached to an aromatic ring is 1. The number of carbonyl (C=O) groups excluding carboxylic acids is 2. The van der Waals surface area contributed by atoms with E-state index in [9.17, 15) is 9.59 Å². The van der Waals surface area contributed by atoms with Gasteiger partial charge in [-0.1, -0.05) is 0 Å². The number of nitrogens with two attached hydrogens (primary N) is 1. The molecule has 2 amide bonds. The minimum absolute atomic E-state index is 0.0626. The second-order valence-electron chi connectivity index (χ2n) is 3.65. The fourth-order valence-corrected chi connectivity index (χ4v) is 1.25. The summed E-state index contributed by atoms with van der Waals surface area (Å²) in [5, 5.41) is 5.11. The number of nitrogens with one attached hydrogen (secondary N) is 2. The Hall–Kier alpha value is -2.08. The number of benzene rings is 1. The van der Waals surface area contributed by atoms with Crippen molar-refractivity contribution in [2.75, 3.05) is 32.5 Å². The molecule has 1 aromatic rings. The molecule has 0 bridgehead atoms. The molecule has 1 rings (SSSR count). The van der Waals surface area contributed by atoms with Crippen LogP contribution in [0.2, 0.25) is 0 Å². The van der Waals surface area contributed by atoms with Gasteiger partial charge in [-0.3, -0.25) is 9.59 Å². The first-order valence-electron chi connectivity index (χ1n) is 5.53. The van der Waals surface area contributed by atoms with Crippen LogP contribution in [0.3, 0.4) is 0 Å². The third kappa shape index (κ3) is 4.84. The molecule has 98 valence electrons. The van der Waals surface area contributed by atoms with Gasteiger partial charge in [-0.15, -0.1) is 0 Å². The molecule has 0 atom stereocenters. The minimum Gasteiger partial charge on any atom is -0.399 e. The summed E-state index contributed by atoms with van der Waals surface area (Å²) in [5.41, 5.74) is 6.56. The monoisotopic (exact) mass is 251 g/mol. The summed E-state index contributed by atoms with van der Waals surface area (Å²) in [4.78, 5) is 22.9. The Labute approximate surface area is 105 Å². The maximum Gasteiger partial charge on any atom is 0.251 e. The summed E-state index contributed by atoms with van der Waals surface area (Å²) in [6.07, 6.45) is 0. The van der Waals surface area contributed by atoms with E-state index < -0.39 is 0 Å². The van der Waals surface area contributed by atoms with Crippen LogP contribution in [-0.4, -0.2) is 38.6 Å². The lowest BCUT2D eigenvalue weighted by Gasteiger charge is -2.06. The summed E-state index contributed by atoms with van der Waals surface area (Å²) < 4.78 is 4.78. The number of ether oxygens (including phenoxy) is 1. The van der Waals surface area contributed by atoms with E-state index in [-0.39, 0.29) is 18.4 Å². The molecule has 0 aromatic heterocycles. The van der Waals surface area contributed by atoms with E-state index >= 15 is 0 Å². The molecule has 4 N–H and O–H groups in total. The van der Waals surface area contributed by atoms with Gasteiger partial charge < -0.3 is 21.1 Å². The van der Waals surface area contributed by atoms with E-state index in [0.717, 1.165) is 0 Å². The summed E-state index contributed by atoms with van der Waals surface area (Å²) >= 11 is 0. The highest BCUT2D eigenvalue weighted by Crippen LogP contribution is 2.04. The molecular weight excluding hydrogens is 234 g/mol. The van der Waals surface area contributed by atoms with Crippen LogP contribution in [-0.2, 0) is 9.53 Å². The molecule has 0 fully saturated rings. The summed E-state index contributed by atoms with van der Waals surface area (Å²) in [6.45, 7) is 0.803. The fraction of sp³-hybridized carbons (Fsp3) is 0.333. The van der Waals surface area contributed by atoms with Gasteiger partial charge in [-0.05, 0) is 24.3 Å². The van der Waals surface area contributed by atoms with E-state index in [4.69, 9.17) is 10.5 Å². The number of methoxy groups -OCH3 is 1. The molecule has 18 heavy (non-hydrogen) atoms. The Morgan fingerprint density at radius 1 is 1.22 bits per heavy atom. The Kier molecular flexibility index (Phi) is 5.66. The van der Waals surface area contributed by atoms with E-state index in [0.29, 0.717) is 24.4 Å². The van der Waals surface area contributed by atoms with Crippen molar-refractivity contribution in [2.45, 2.75) is 0 Å². The lowest BCUT2D eigenvalue weighted by Crippen LogP contribution is -2.38. The van der Waals surface area contributed by atoms with Crippen LogP contribution < -0.4 is 16.4 Å². The zero-order valence-corrected chi connectivity index (χ0v) is 10.2. The molecule has 0 unspecified atom stereocenters. The predicted molar refractivity (Wildman–Crippen MR) is 68.1 cm³/mol. The minimum atomic E-state index is -0.308. The average molecular weight is 251 g/mol. The lowest BCUT2D eigenvalue weighted by atomic mass is 10.2. The molecule has 0 aliphatic rings. The average Bonchev–Trinajstić information content (AvgIpc) is 2.37. The second kappa shape index (κ2) is 7.29. The zero-order chi connectivity index (χ0) is 13.4. The van der Waals surface area contributed by atoms with Crippen LogP contribution in [0.4, 0.5) is 5.69 Å². The third-order valence-electron chi connectivity index (χ3n) is 2.21. The van der Waals surface area contributed by atoms with Gasteiger partial charge in [0.05, 0.1) is 13.2 Å². The zero-order valence-electron chi connectivity index (χ0n) is 10.2. The molecule has 0 heterocycles. The standard InChI is InChI=1S/C12H17N3O3/c1-18-7-6-14-11(16)8-15-12(17)9-2-4-10(13)5-3-9/h2-5H,6-8,13H2,1H3,(H,14,16)(H,15,17). The SMILES string of the molecule is COCCNC(=O)CNC(=O)c1ccc(N)cc1. The number of carbonyl (C=O) groups is 2. The highest BCUT2D eigenvalue weighted by Gasteiger charge is 2.07. The van der Waals surface area contributed by atoms with Gasteiger partial charge in [0.2, 0.25) is 5.91 Å². The maximum atomic E-state index is 11.6. The highest BCUT2D eigenvalue weighted by atomic mass is 16.5. The van der Waals surface area contributed by atoms with Gasteiger partial charge in [0.25, 0.3) is 5.91 Å². The summed E-state index contributed by atoms with van der Waals surface area (Å²) in [7, 11) is 1.55. The van der Waals surface area contributed by atoms with Crippen LogP contribution in [0.5, 0.6) is 0 Å². The van der Waals surface area contributed by atoms with Crippen molar-refractivity contribution in [1.82, 2.24) is 10.6 Å². The second-order valence-corrected chi connectivity index (χ2v) is 3.65. The van der Waals surface area contributed by atoms with Gasteiger partial charge in [-0.2, -0.15) is 0 Å². The van der Waals surface area contributed by atoms with Crippen LogP contribution in [0.25, 0.3) is 0 Å². The van der Waals surface area contributed by atoms with Gasteiger partial charge in [0.15, 0.2) is 0 Å². The van der Waals surface area contributed by atoms with Crippen LogP contribution in [0, 0.1) is 0 Å². The molecular formula is C12H17N3O3. The Morgan fingerprint density at radius 2 is 1.89 bits per heavy atom. The Bertz CT molecular complexity index is 404. The maximum absolute atomic E-state index is 11.6. The van der Waals surface area contributed by atoms with Crippen LogP contribution in [0.15, 0.2) is 24.3 Å². The predicted octanol–water partition coefficient (Wildman–Crippen LogP) is -0.239. The molecule has 6 heteroatoms. The van der Waals surface area contributed by atoms with Gasteiger partial charge in [-0.25, -0.2) is 0 Å². The summed E-state index contributed by atoms with van der Waals surface area (Å²) in [5.74, 6) is -0.562. The lowest BCUT2D eigenvalue weighted by molar-refractivity contribution is -0.120. The molecule has 6 nitrogen and oxygen atoms in total. The van der Waals surface area contributed by atoms with Crippen LogP contribution in [0.1, 0.15) is 10.4 Å². The van der Waals surface area contributed by atoms with Crippen molar-refractivity contribution in [3.8, 4) is 0 Å². The van der Waals surface area contributed by atoms with Gasteiger partial charge in [0.1, 0.15) is 0 Å². The first-order chi connectivity index (χ1) is 8.63. The molecule has 0 spiro atoms. The highest BCUT2D eigenvalue weighted by molar-refractivity contribution is 5.96. The number of rotatable bonds is 6. The Morgan fingerprint density at radius 3 is 2.50 bits per heavy atom. The van der Waals surface area contributed by atoms with E-state index in [2.05, 4.69) is 10.6 Å². The van der Waals surface area contributed by atoms with Crippen molar-refractivity contribution >= 4 is 17.5 Å². The van der Waals surface area contributed by atoms with Gasteiger partial charge >= 0.3 is 0 Å². The fourth-order valence-electron chi connectivity index (χ4n) is 1.25. The quantitative estimate of drug-likeness (QED) is 0.480. The summed E-state index contributed by atoms with van der Waals surface area (Å²) in [6, 6.07) is 6.47. The largest absolute Gasteiger partial charge is 0.399 e. The molecule has 0 saturated heterocycles. The number of amides is 2. The van der Waals surface area contributed by atoms with Crippen molar-refractivity contribution in [3.05, 3.63) is 29.8 Å². The van der Waals surface area contributed by atoms with Crippen LogP contribution >= 0.6 is 0 Å². The van der Waals surface area contributed by atoms with Crippen molar-refractivity contribution < 1.29 is 14.3 Å². The first kappa shape index (κ1) is 14.0. The molecule has 0 saturated carbocycles. The van der Waals surface area contributed by atoms with E-state index in [1.807, 2.05) is 0 Å². The van der Waals surface area contributed by atoms with Gasteiger partial charge in [0, 0.05) is 24.9 Å². The molecule has 0 radical (unpaired) electrons. The molecule has 0 aliphatic carbocycles. The smallest absolute Gasteiger partial charge is 0.251 e. The van der Waals surface area contributed by atoms with E-state index in [1.165, 1.54) is 0 Å². The molecule has 0 aliphatic heterocycles. The normalized spacial score (nSPS) is 9.83. The number of anilines is 1. The van der Waals surface area contributed by atoms with E-state index in [1.54, 1.807) is 31.4 Å². The third-order valence-corrected chi connectivity index (χ3v) is 2.21. The van der Waals surface area contributed by atoms with Crippen molar-refractivity contribution in [3.63, 3.8) is 0 Å². The number of hydrogen-bond acceptors (Lipinski definition) is 4. The topological polar surface area (TPSA) is 93.5 Å². The molecule has 1 aromatic carbocycles. The first-order valence-corrected chi connectivity index (χ1v) is 5.53. The number of hydrogen-bond donors (Lipinski definition) is 3. The van der Waals surface area contributed by atoms with Crippen molar-refractivity contribution in [2.24, 2.45) is 0 Å².